The Bertz CT molecular complexity index is 430. The van der Waals surface area contributed by atoms with Crippen molar-refractivity contribution < 1.29 is 13.2 Å². The van der Waals surface area contributed by atoms with E-state index in [0.717, 1.165) is 13.0 Å². The Morgan fingerprint density at radius 2 is 1.75 bits per heavy atom. The smallest absolute Gasteiger partial charge is 0.375 e. The van der Waals surface area contributed by atoms with Crippen molar-refractivity contribution in [2.75, 3.05) is 39.1 Å². The summed E-state index contributed by atoms with van der Waals surface area (Å²) in [6.45, 7) is 1.49. The summed E-state index contributed by atoms with van der Waals surface area (Å²) >= 11 is 0. The van der Waals surface area contributed by atoms with Crippen LogP contribution in [-0.2, 0) is 12.7 Å². The van der Waals surface area contributed by atoms with Gasteiger partial charge in [-0.15, -0.1) is 0 Å². The van der Waals surface area contributed by atoms with Gasteiger partial charge >= 0.3 is 6.18 Å². The van der Waals surface area contributed by atoms with Crippen molar-refractivity contribution >= 4 is 5.69 Å². The summed E-state index contributed by atoms with van der Waals surface area (Å²) in [4.78, 5) is 3.88. The van der Waals surface area contributed by atoms with Crippen LogP contribution in [0.1, 0.15) is 17.5 Å². The minimum Gasteiger partial charge on any atom is -0.375 e. The molecule has 114 valence electrons. The van der Waals surface area contributed by atoms with E-state index in [9.17, 15) is 13.2 Å². The first kappa shape index (κ1) is 16.8. The molecule has 1 rings (SSSR count). The van der Waals surface area contributed by atoms with Gasteiger partial charge in [0.2, 0.25) is 0 Å². The van der Waals surface area contributed by atoms with Crippen LogP contribution in [-0.4, -0.2) is 39.1 Å². The molecule has 0 spiro atoms. The lowest BCUT2D eigenvalue weighted by molar-refractivity contribution is -0.138. The predicted octanol–water partition coefficient (Wildman–Crippen LogP) is 2.55. The first-order chi connectivity index (χ1) is 9.25. The van der Waals surface area contributed by atoms with Gasteiger partial charge in [-0.25, -0.2) is 0 Å². The number of benzene rings is 1. The molecule has 6 heteroatoms. The molecule has 0 heterocycles. The van der Waals surface area contributed by atoms with Gasteiger partial charge in [0.05, 0.1) is 5.56 Å². The highest BCUT2D eigenvalue weighted by Crippen LogP contribution is 2.34. The third kappa shape index (κ3) is 4.68. The van der Waals surface area contributed by atoms with E-state index in [1.54, 1.807) is 13.1 Å². The average molecular weight is 289 g/mol. The molecule has 0 fully saturated rings. The molecule has 0 saturated heterocycles. The molecule has 0 aromatic heterocycles. The van der Waals surface area contributed by atoms with E-state index in [2.05, 4.69) is 0 Å². The van der Waals surface area contributed by atoms with E-state index in [4.69, 9.17) is 5.73 Å². The van der Waals surface area contributed by atoms with E-state index in [1.807, 2.05) is 23.9 Å². The molecule has 0 amide bonds. The van der Waals surface area contributed by atoms with Crippen molar-refractivity contribution in [1.82, 2.24) is 4.90 Å². The van der Waals surface area contributed by atoms with Gasteiger partial charge < -0.3 is 15.5 Å². The van der Waals surface area contributed by atoms with Gasteiger partial charge in [-0.2, -0.15) is 13.2 Å². The molecule has 0 atom stereocenters. The Kier molecular flexibility index (Phi) is 5.83. The number of rotatable bonds is 6. The Morgan fingerprint density at radius 3 is 2.25 bits per heavy atom. The van der Waals surface area contributed by atoms with Crippen molar-refractivity contribution in [3.8, 4) is 0 Å². The van der Waals surface area contributed by atoms with Crippen LogP contribution in [0.4, 0.5) is 18.9 Å². The first-order valence-corrected chi connectivity index (χ1v) is 6.51. The molecular weight excluding hydrogens is 267 g/mol. The second-order valence-corrected chi connectivity index (χ2v) is 5.12. The third-order valence-electron chi connectivity index (χ3n) is 3.16. The zero-order valence-corrected chi connectivity index (χ0v) is 12.2. The van der Waals surface area contributed by atoms with Crippen molar-refractivity contribution in [2.24, 2.45) is 5.73 Å². The van der Waals surface area contributed by atoms with Gasteiger partial charge in [-0.3, -0.25) is 0 Å². The predicted molar refractivity (Wildman–Crippen MR) is 75.8 cm³/mol. The molecule has 1 aromatic rings. The Hall–Kier alpha value is -1.27. The van der Waals surface area contributed by atoms with Gasteiger partial charge in [0.25, 0.3) is 0 Å². The van der Waals surface area contributed by atoms with Crippen LogP contribution in [0.25, 0.3) is 0 Å². The van der Waals surface area contributed by atoms with Crippen molar-refractivity contribution in [1.29, 1.82) is 0 Å². The number of anilines is 1. The van der Waals surface area contributed by atoms with Crippen LogP contribution in [0.2, 0.25) is 0 Å². The molecular formula is C14H22F3N3. The topological polar surface area (TPSA) is 32.5 Å². The fourth-order valence-corrected chi connectivity index (χ4v) is 2.00. The molecule has 0 aliphatic rings. The number of hydrogen-bond donors (Lipinski definition) is 1. The highest BCUT2D eigenvalue weighted by Gasteiger charge is 2.33. The fraction of sp³-hybridized carbons (Fsp3) is 0.571. The summed E-state index contributed by atoms with van der Waals surface area (Å²) in [5.74, 6) is 0. The van der Waals surface area contributed by atoms with Crippen LogP contribution in [0.3, 0.4) is 0 Å². The van der Waals surface area contributed by atoms with Crippen LogP contribution >= 0.6 is 0 Å². The minimum atomic E-state index is -4.37. The van der Waals surface area contributed by atoms with Crippen LogP contribution < -0.4 is 10.6 Å². The van der Waals surface area contributed by atoms with Gasteiger partial charge in [-0.1, -0.05) is 6.07 Å². The monoisotopic (exact) mass is 289 g/mol. The number of alkyl halides is 3. The SMILES string of the molecule is CN(C)CCCN(C)c1ccc(CN)c(C(F)(F)F)c1. The maximum absolute atomic E-state index is 13.0. The summed E-state index contributed by atoms with van der Waals surface area (Å²) in [6.07, 6.45) is -3.47. The van der Waals surface area contributed by atoms with E-state index in [0.29, 0.717) is 12.2 Å². The van der Waals surface area contributed by atoms with E-state index in [1.165, 1.54) is 12.1 Å². The average Bonchev–Trinajstić information content (AvgIpc) is 2.36. The van der Waals surface area contributed by atoms with Crippen molar-refractivity contribution in [2.45, 2.75) is 19.1 Å². The summed E-state index contributed by atoms with van der Waals surface area (Å²) in [6, 6.07) is 4.32. The Morgan fingerprint density at radius 1 is 1.10 bits per heavy atom. The molecule has 0 aliphatic carbocycles. The zero-order chi connectivity index (χ0) is 15.3. The summed E-state index contributed by atoms with van der Waals surface area (Å²) in [5, 5.41) is 0. The number of nitrogens with two attached hydrogens (primary N) is 1. The van der Waals surface area contributed by atoms with Crippen LogP contribution in [0.15, 0.2) is 18.2 Å². The van der Waals surface area contributed by atoms with E-state index < -0.39 is 11.7 Å². The lowest BCUT2D eigenvalue weighted by atomic mass is 10.1. The summed E-state index contributed by atoms with van der Waals surface area (Å²) in [5.41, 5.74) is 5.42. The highest BCUT2D eigenvalue weighted by molar-refractivity contribution is 5.51. The highest BCUT2D eigenvalue weighted by atomic mass is 19.4. The number of nitrogens with zero attached hydrogens (tertiary/aromatic N) is 2. The number of hydrogen-bond acceptors (Lipinski definition) is 3. The molecule has 3 nitrogen and oxygen atoms in total. The minimum absolute atomic E-state index is 0.112. The summed E-state index contributed by atoms with van der Waals surface area (Å²) in [7, 11) is 5.74. The maximum atomic E-state index is 13.0. The molecule has 0 unspecified atom stereocenters. The van der Waals surface area contributed by atoms with Crippen molar-refractivity contribution in [3.63, 3.8) is 0 Å². The van der Waals surface area contributed by atoms with Crippen molar-refractivity contribution in [3.05, 3.63) is 29.3 Å². The lowest BCUT2D eigenvalue weighted by Gasteiger charge is -2.22. The van der Waals surface area contributed by atoms with Crippen LogP contribution in [0, 0.1) is 0 Å². The number of halogens is 3. The molecule has 0 aliphatic heterocycles. The van der Waals surface area contributed by atoms with E-state index in [-0.39, 0.29) is 12.1 Å². The van der Waals surface area contributed by atoms with Gasteiger partial charge in [0.15, 0.2) is 0 Å². The third-order valence-corrected chi connectivity index (χ3v) is 3.16. The molecule has 2 N–H and O–H groups in total. The largest absolute Gasteiger partial charge is 0.416 e. The quantitative estimate of drug-likeness (QED) is 0.873. The van der Waals surface area contributed by atoms with E-state index >= 15 is 0 Å². The first-order valence-electron chi connectivity index (χ1n) is 6.51. The standard InChI is InChI=1S/C14H22F3N3/c1-19(2)7-4-8-20(3)12-6-5-11(10-18)13(9-12)14(15,16)17/h5-6,9H,4,7-8,10,18H2,1-3H3. The van der Waals surface area contributed by atoms with Crippen LogP contribution in [0.5, 0.6) is 0 Å². The second-order valence-electron chi connectivity index (χ2n) is 5.12. The van der Waals surface area contributed by atoms with Gasteiger partial charge in [0.1, 0.15) is 0 Å². The Labute approximate surface area is 118 Å². The molecule has 20 heavy (non-hydrogen) atoms. The lowest BCUT2D eigenvalue weighted by Crippen LogP contribution is -2.24. The zero-order valence-electron chi connectivity index (χ0n) is 12.2. The normalized spacial score (nSPS) is 12.0. The molecule has 0 radical (unpaired) electrons. The molecule has 0 bridgehead atoms. The van der Waals surface area contributed by atoms with Gasteiger partial charge in [-0.05, 0) is 44.8 Å². The summed E-state index contributed by atoms with van der Waals surface area (Å²) < 4.78 is 38.9. The molecule has 1 aromatic carbocycles. The Balaban J connectivity index is 2.86. The van der Waals surface area contributed by atoms with Gasteiger partial charge in [0, 0.05) is 25.8 Å². The molecule has 0 saturated carbocycles. The fourth-order valence-electron chi connectivity index (χ4n) is 2.00. The maximum Gasteiger partial charge on any atom is 0.416 e. The second kappa shape index (κ2) is 6.95.